The Bertz CT molecular complexity index is 425. The third-order valence-corrected chi connectivity index (χ3v) is 3.51. The highest BCUT2D eigenvalue weighted by Gasteiger charge is 2.43. The lowest BCUT2D eigenvalue weighted by Gasteiger charge is -2.44. The van der Waals surface area contributed by atoms with Crippen LogP contribution in [0.2, 0.25) is 0 Å². The fourth-order valence-corrected chi connectivity index (χ4v) is 2.40. The van der Waals surface area contributed by atoms with E-state index in [1.165, 1.54) is 6.07 Å². The first-order chi connectivity index (χ1) is 9.15. The van der Waals surface area contributed by atoms with Crippen molar-refractivity contribution in [2.75, 3.05) is 13.2 Å². The molecule has 1 fully saturated rings. The first-order valence-electron chi connectivity index (χ1n) is 6.93. The van der Waals surface area contributed by atoms with Crippen LogP contribution < -0.4 is 10.1 Å². The Morgan fingerprint density at radius 3 is 2.79 bits per heavy atom. The molecule has 3 unspecified atom stereocenters. The summed E-state index contributed by atoms with van der Waals surface area (Å²) in [6.45, 7) is 7.37. The van der Waals surface area contributed by atoms with Crippen molar-refractivity contribution in [2.24, 2.45) is 0 Å². The van der Waals surface area contributed by atoms with Gasteiger partial charge in [-0.3, -0.25) is 0 Å². The summed E-state index contributed by atoms with van der Waals surface area (Å²) in [4.78, 5) is 0. The molecule has 0 heterocycles. The SMILES string of the molecule is CCNC1CC(Oc2ccc(C)c(F)c2)C1OCC. The molecule has 1 saturated carbocycles. The number of ether oxygens (including phenoxy) is 2. The number of nitrogens with one attached hydrogen (secondary N) is 1. The fraction of sp³-hybridized carbons (Fsp3) is 0.600. The predicted octanol–water partition coefficient (Wildman–Crippen LogP) is 2.67. The summed E-state index contributed by atoms with van der Waals surface area (Å²) in [5.41, 5.74) is 0.632. The van der Waals surface area contributed by atoms with Crippen LogP contribution in [0, 0.1) is 12.7 Å². The Morgan fingerprint density at radius 2 is 2.16 bits per heavy atom. The predicted molar refractivity (Wildman–Crippen MR) is 73.0 cm³/mol. The summed E-state index contributed by atoms with van der Waals surface area (Å²) >= 11 is 0. The number of likely N-dealkylation sites (N-methyl/N-ethyl adjacent to an activating group) is 1. The van der Waals surface area contributed by atoms with E-state index in [4.69, 9.17) is 9.47 Å². The zero-order valence-electron chi connectivity index (χ0n) is 11.8. The second-order valence-electron chi connectivity index (χ2n) is 4.89. The van der Waals surface area contributed by atoms with E-state index in [-0.39, 0.29) is 18.0 Å². The molecule has 1 aliphatic carbocycles. The van der Waals surface area contributed by atoms with Gasteiger partial charge in [-0.2, -0.15) is 0 Å². The second kappa shape index (κ2) is 6.35. The van der Waals surface area contributed by atoms with Crippen LogP contribution in [-0.2, 0) is 4.74 Å². The van der Waals surface area contributed by atoms with E-state index >= 15 is 0 Å². The van der Waals surface area contributed by atoms with Gasteiger partial charge in [-0.05, 0) is 32.0 Å². The van der Waals surface area contributed by atoms with E-state index < -0.39 is 0 Å². The van der Waals surface area contributed by atoms with Gasteiger partial charge in [0, 0.05) is 25.1 Å². The summed E-state index contributed by atoms with van der Waals surface area (Å²) in [5.74, 6) is 0.348. The van der Waals surface area contributed by atoms with Gasteiger partial charge in [-0.25, -0.2) is 4.39 Å². The summed E-state index contributed by atoms with van der Waals surface area (Å²) in [7, 11) is 0. The molecule has 0 aromatic heterocycles. The molecular weight excluding hydrogens is 245 g/mol. The maximum atomic E-state index is 13.5. The molecule has 1 aromatic carbocycles. The topological polar surface area (TPSA) is 30.5 Å². The zero-order chi connectivity index (χ0) is 13.8. The van der Waals surface area contributed by atoms with Crippen molar-refractivity contribution in [1.29, 1.82) is 0 Å². The van der Waals surface area contributed by atoms with Crippen LogP contribution in [0.5, 0.6) is 5.75 Å². The van der Waals surface area contributed by atoms with Crippen molar-refractivity contribution in [3.05, 3.63) is 29.6 Å². The van der Waals surface area contributed by atoms with Crippen LogP contribution in [0.3, 0.4) is 0 Å². The Balaban J connectivity index is 1.96. The number of hydrogen-bond donors (Lipinski definition) is 1. The van der Waals surface area contributed by atoms with Gasteiger partial charge in [0.1, 0.15) is 23.8 Å². The quantitative estimate of drug-likeness (QED) is 0.859. The van der Waals surface area contributed by atoms with Crippen molar-refractivity contribution < 1.29 is 13.9 Å². The fourth-order valence-electron chi connectivity index (χ4n) is 2.40. The second-order valence-corrected chi connectivity index (χ2v) is 4.89. The summed E-state index contributed by atoms with van der Waals surface area (Å²) in [5, 5.41) is 3.37. The molecule has 0 amide bonds. The van der Waals surface area contributed by atoms with Crippen LogP contribution in [0.15, 0.2) is 18.2 Å². The maximum Gasteiger partial charge on any atom is 0.129 e. The average molecular weight is 267 g/mol. The largest absolute Gasteiger partial charge is 0.487 e. The molecule has 0 spiro atoms. The van der Waals surface area contributed by atoms with Gasteiger partial charge >= 0.3 is 0 Å². The molecular formula is C15H22FNO2. The van der Waals surface area contributed by atoms with Crippen molar-refractivity contribution in [2.45, 2.75) is 45.4 Å². The minimum atomic E-state index is -0.229. The summed E-state index contributed by atoms with van der Waals surface area (Å²) in [6, 6.07) is 5.33. The van der Waals surface area contributed by atoms with Crippen LogP contribution in [-0.4, -0.2) is 31.4 Å². The minimum absolute atomic E-state index is 0.00565. The van der Waals surface area contributed by atoms with E-state index in [9.17, 15) is 4.39 Å². The first-order valence-corrected chi connectivity index (χ1v) is 6.93. The van der Waals surface area contributed by atoms with Crippen molar-refractivity contribution in [3.63, 3.8) is 0 Å². The molecule has 1 N–H and O–H groups in total. The zero-order valence-corrected chi connectivity index (χ0v) is 11.8. The van der Waals surface area contributed by atoms with Crippen LogP contribution in [0.4, 0.5) is 4.39 Å². The van der Waals surface area contributed by atoms with E-state index in [2.05, 4.69) is 12.2 Å². The van der Waals surface area contributed by atoms with Gasteiger partial charge in [0.05, 0.1) is 0 Å². The highest BCUT2D eigenvalue weighted by molar-refractivity contribution is 5.28. The number of hydrogen-bond acceptors (Lipinski definition) is 3. The lowest BCUT2D eigenvalue weighted by Crippen LogP contribution is -2.61. The summed E-state index contributed by atoms with van der Waals surface area (Å²) in [6.07, 6.45) is 0.953. The monoisotopic (exact) mass is 267 g/mol. The van der Waals surface area contributed by atoms with E-state index in [0.29, 0.717) is 24.0 Å². The van der Waals surface area contributed by atoms with E-state index in [0.717, 1.165) is 13.0 Å². The molecule has 0 bridgehead atoms. The molecule has 1 aromatic rings. The molecule has 2 rings (SSSR count). The lowest BCUT2D eigenvalue weighted by molar-refractivity contribution is -0.104. The van der Waals surface area contributed by atoms with Gasteiger partial charge in [0.2, 0.25) is 0 Å². The van der Waals surface area contributed by atoms with E-state index in [1.54, 1.807) is 13.0 Å². The van der Waals surface area contributed by atoms with Gasteiger partial charge in [-0.15, -0.1) is 0 Å². The molecule has 4 heteroatoms. The Kier molecular flexibility index (Phi) is 4.77. The molecule has 1 aliphatic rings. The number of rotatable bonds is 6. The van der Waals surface area contributed by atoms with Gasteiger partial charge in [0.25, 0.3) is 0 Å². The first kappa shape index (κ1) is 14.3. The Hall–Kier alpha value is -1.13. The van der Waals surface area contributed by atoms with Crippen LogP contribution >= 0.6 is 0 Å². The van der Waals surface area contributed by atoms with E-state index in [1.807, 2.05) is 13.0 Å². The molecule has 19 heavy (non-hydrogen) atoms. The Morgan fingerprint density at radius 1 is 1.37 bits per heavy atom. The summed E-state index contributed by atoms with van der Waals surface area (Å²) < 4.78 is 25.0. The highest BCUT2D eigenvalue weighted by Crippen LogP contribution is 2.29. The third-order valence-electron chi connectivity index (χ3n) is 3.51. The number of halogens is 1. The van der Waals surface area contributed by atoms with Crippen molar-refractivity contribution in [1.82, 2.24) is 5.32 Å². The van der Waals surface area contributed by atoms with Gasteiger partial charge in [0.15, 0.2) is 0 Å². The van der Waals surface area contributed by atoms with Gasteiger partial charge in [-0.1, -0.05) is 13.0 Å². The lowest BCUT2D eigenvalue weighted by atomic mass is 9.85. The van der Waals surface area contributed by atoms with Gasteiger partial charge < -0.3 is 14.8 Å². The third kappa shape index (κ3) is 3.25. The van der Waals surface area contributed by atoms with Crippen LogP contribution in [0.25, 0.3) is 0 Å². The molecule has 0 aliphatic heterocycles. The molecule has 0 radical (unpaired) electrons. The molecule has 0 saturated heterocycles. The molecule has 3 atom stereocenters. The highest BCUT2D eigenvalue weighted by atomic mass is 19.1. The van der Waals surface area contributed by atoms with Crippen molar-refractivity contribution >= 4 is 0 Å². The van der Waals surface area contributed by atoms with Crippen LogP contribution in [0.1, 0.15) is 25.8 Å². The standard InChI is InChI=1S/C15H22FNO2/c1-4-17-13-9-14(15(13)18-5-2)19-11-7-6-10(3)12(16)8-11/h6-8,13-15,17H,4-5,9H2,1-3H3. The maximum absolute atomic E-state index is 13.5. The number of aryl methyl sites for hydroxylation is 1. The Labute approximate surface area is 114 Å². The average Bonchev–Trinajstić information content (AvgIpc) is 2.39. The smallest absolute Gasteiger partial charge is 0.129 e. The van der Waals surface area contributed by atoms with Crippen molar-refractivity contribution in [3.8, 4) is 5.75 Å². The minimum Gasteiger partial charge on any atom is -0.487 e. The molecule has 106 valence electrons. The number of benzene rings is 1. The normalized spacial score (nSPS) is 26.0. The molecule has 3 nitrogen and oxygen atoms in total.